The van der Waals surface area contributed by atoms with E-state index in [0.717, 1.165) is 16.5 Å². The number of nitrogens with two attached hydrogens (primary N) is 1. The van der Waals surface area contributed by atoms with Gasteiger partial charge in [0.2, 0.25) is 11.8 Å². The van der Waals surface area contributed by atoms with E-state index in [4.69, 9.17) is 10.2 Å². The summed E-state index contributed by atoms with van der Waals surface area (Å²) < 4.78 is 20.4. The maximum atomic E-state index is 14.7. The lowest BCUT2D eigenvalue weighted by molar-refractivity contribution is -0.120. The van der Waals surface area contributed by atoms with E-state index in [2.05, 4.69) is 15.0 Å². The van der Waals surface area contributed by atoms with Gasteiger partial charge in [0.1, 0.15) is 5.52 Å². The molecule has 0 bridgehead atoms. The molecule has 7 nitrogen and oxygen atoms in total. The number of aryl methyl sites for hydroxylation is 1. The molecule has 0 unspecified atom stereocenters. The number of aromatic nitrogens is 3. The van der Waals surface area contributed by atoms with Crippen molar-refractivity contribution in [2.75, 3.05) is 0 Å². The van der Waals surface area contributed by atoms with Crippen LogP contribution in [-0.4, -0.2) is 26.0 Å². The zero-order valence-electron chi connectivity index (χ0n) is 17.4. The van der Waals surface area contributed by atoms with Crippen molar-refractivity contribution in [3.63, 3.8) is 0 Å². The van der Waals surface area contributed by atoms with Crippen LogP contribution in [0, 0.1) is 12.7 Å². The maximum Gasteiger partial charge on any atom is 0.229 e. The number of aliphatic hydroxyl groups is 1. The highest BCUT2D eigenvalue weighted by Gasteiger charge is 2.51. The van der Waals surface area contributed by atoms with Gasteiger partial charge in [0.05, 0.1) is 22.3 Å². The number of amides is 1. The molecular formula is C23H21FN4O3. The molecule has 1 aliphatic carbocycles. The third-order valence-corrected chi connectivity index (χ3v) is 6.06. The van der Waals surface area contributed by atoms with Crippen LogP contribution < -0.4 is 5.73 Å². The number of fused-ring (bicyclic) bond motifs is 2. The lowest BCUT2D eigenvalue weighted by Crippen LogP contribution is -2.29. The number of carbonyl (C=O) groups is 1. The normalized spacial score (nSPS) is 15.5. The summed E-state index contributed by atoms with van der Waals surface area (Å²) in [6, 6.07) is 4.67. The molecule has 1 fully saturated rings. The number of pyridine rings is 2. The maximum absolute atomic E-state index is 14.7. The molecule has 0 saturated heterocycles. The Morgan fingerprint density at radius 3 is 2.58 bits per heavy atom. The van der Waals surface area contributed by atoms with Gasteiger partial charge in [0.25, 0.3) is 0 Å². The third kappa shape index (κ3) is 2.97. The molecule has 1 amide bonds. The molecule has 0 atom stereocenters. The molecule has 3 heterocycles. The number of carbonyl (C=O) groups excluding carboxylic acids is 1. The molecule has 5 rings (SSSR count). The van der Waals surface area contributed by atoms with Crippen LogP contribution >= 0.6 is 0 Å². The van der Waals surface area contributed by atoms with Crippen molar-refractivity contribution < 1.29 is 18.7 Å². The molecule has 31 heavy (non-hydrogen) atoms. The molecule has 3 aromatic heterocycles. The number of hydrogen-bond donors (Lipinski definition) is 2. The number of oxazole rings is 1. The summed E-state index contributed by atoms with van der Waals surface area (Å²) >= 11 is 0. The van der Waals surface area contributed by atoms with Crippen molar-refractivity contribution >= 4 is 27.8 Å². The fourth-order valence-electron chi connectivity index (χ4n) is 3.91. The Morgan fingerprint density at radius 2 is 1.94 bits per heavy atom. The summed E-state index contributed by atoms with van der Waals surface area (Å²) in [5.74, 6) is -0.805. The van der Waals surface area contributed by atoms with Gasteiger partial charge in [-0.25, -0.2) is 9.37 Å². The second-order valence-electron chi connectivity index (χ2n) is 8.70. The minimum atomic E-state index is -1.22. The first-order valence-electron chi connectivity index (χ1n) is 9.99. The van der Waals surface area contributed by atoms with Crippen molar-refractivity contribution in [3.8, 4) is 11.5 Å². The zero-order chi connectivity index (χ0) is 22.1. The van der Waals surface area contributed by atoms with E-state index < -0.39 is 22.7 Å². The first-order chi connectivity index (χ1) is 14.6. The number of nitrogens with zero attached hydrogens (tertiary/aromatic N) is 3. The number of benzene rings is 1. The third-order valence-electron chi connectivity index (χ3n) is 6.06. The SMILES string of the molecule is Cc1ncc(-c2nc3cc(C(C)(C)O)cc(F)c3o2)c2cc(C3(C(N)=O)CC3)ncc12. The molecule has 158 valence electrons. The molecule has 0 radical (unpaired) electrons. The summed E-state index contributed by atoms with van der Waals surface area (Å²) in [7, 11) is 0. The molecule has 0 spiro atoms. The van der Waals surface area contributed by atoms with E-state index in [0.29, 0.717) is 35.2 Å². The number of hydrogen-bond acceptors (Lipinski definition) is 6. The molecule has 1 aromatic carbocycles. The fraction of sp³-hybridized carbons (Fsp3) is 0.304. The highest BCUT2D eigenvalue weighted by atomic mass is 19.1. The fourth-order valence-corrected chi connectivity index (χ4v) is 3.91. The average molecular weight is 420 g/mol. The Bertz CT molecular complexity index is 1380. The van der Waals surface area contributed by atoms with Crippen LogP contribution in [0.2, 0.25) is 0 Å². The second-order valence-corrected chi connectivity index (χ2v) is 8.70. The highest BCUT2D eigenvalue weighted by Crippen LogP contribution is 2.48. The number of primary amides is 1. The van der Waals surface area contributed by atoms with Gasteiger partial charge in [-0.1, -0.05) is 0 Å². The predicted molar refractivity (Wildman–Crippen MR) is 113 cm³/mol. The summed E-state index contributed by atoms with van der Waals surface area (Å²) in [6.07, 6.45) is 4.61. The summed E-state index contributed by atoms with van der Waals surface area (Å²) in [5, 5.41) is 11.8. The molecular weight excluding hydrogens is 399 g/mol. The van der Waals surface area contributed by atoms with Crippen molar-refractivity contribution in [1.29, 1.82) is 0 Å². The Morgan fingerprint density at radius 1 is 1.19 bits per heavy atom. The van der Waals surface area contributed by atoms with Gasteiger partial charge in [-0.15, -0.1) is 0 Å². The zero-order valence-corrected chi connectivity index (χ0v) is 17.4. The van der Waals surface area contributed by atoms with Crippen LogP contribution in [0.5, 0.6) is 0 Å². The topological polar surface area (TPSA) is 115 Å². The van der Waals surface area contributed by atoms with Gasteiger partial charge in [0, 0.05) is 28.9 Å². The molecule has 1 saturated carbocycles. The molecule has 8 heteroatoms. The van der Waals surface area contributed by atoms with E-state index in [-0.39, 0.29) is 11.5 Å². The Labute approximate surface area is 177 Å². The molecule has 1 aliphatic rings. The lowest BCUT2D eigenvalue weighted by atomic mass is 9.97. The molecule has 3 N–H and O–H groups in total. The van der Waals surface area contributed by atoms with Crippen LogP contribution in [-0.2, 0) is 15.8 Å². The number of halogens is 1. The standard InChI is InChI=1S/C23H21FN4O3/c1-11-14-9-27-18(23(4-5-23)21(25)29)8-13(14)15(10-26-11)20-28-17-7-12(22(2,3)30)6-16(24)19(17)31-20/h6-10,30H,4-5H2,1-3H3,(H2,25,29). The van der Waals surface area contributed by atoms with Gasteiger partial charge in [-0.2, -0.15) is 0 Å². The van der Waals surface area contributed by atoms with E-state index >= 15 is 0 Å². The average Bonchev–Trinajstić information content (AvgIpc) is 3.41. The van der Waals surface area contributed by atoms with Gasteiger partial charge < -0.3 is 15.3 Å². The van der Waals surface area contributed by atoms with Gasteiger partial charge in [-0.05, 0) is 57.4 Å². The monoisotopic (exact) mass is 420 g/mol. The van der Waals surface area contributed by atoms with E-state index in [9.17, 15) is 14.3 Å². The highest BCUT2D eigenvalue weighted by molar-refractivity contribution is 5.98. The van der Waals surface area contributed by atoms with Crippen molar-refractivity contribution in [3.05, 3.63) is 53.4 Å². The van der Waals surface area contributed by atoms with Crippen molar-refractivity contribution in [2.24, 2.45) is 5.73 Å². The van der Waals surface area contributed by atoms with Gasteiger partial charge >= 0.3 is 0 Å². The lowest BCUT2D eigenvalue weighted by Gasteiger charge is -2.17. The van der Waals surface area contributed by atoms with E-state index in [1.165, 1.54) is 6.07 Å². The molecule has 4 aromatic rings. The van der Waals surface area contributed by atoms with E-state index in [1.54, 1.807) is 32.3 Å². The smallest absolute Gasteiger partial charge is 0.229 e. The minimum Gasteiger partial charge on any atom is -0.433 e. The first kappa shape index (κ1) is 19.6. The summed E-state index contributed by atoms with van der Waals surface area (Å²) in [5.41, 5.74) is 6.28. The molecule has 0 aliphatic heterocycles. The quantitative estimate of drug-likeness (QED) is 0.521. The van der Waals surface area contributed by atoms with Crippen molar-refractivity contribution in [1.82, 2.24) is 15.0 Å². The minimum absolute atomic E-state index is 0.00167. The van der Waals surface area contributed by atoms with Gasteiger partial charge in [0.15, 0.2) is 11.4 Å². The largest absolute Gasteiger partial charge is 0.433 e. The van der Waals surface area contributed by atoms with Crippen molar-refractivity contribution in [2.45, 2.75) is 44.6 Å². The summed E-state index contributed by atoms with van der Waals surface area (Å²) in [4.78, 5) is 25.3. The first-order valence-corrected chi connectivity index (χ1v) is 9.99. The van der Waals surface area contributed by atoms with Crippen LogP contribution in [0.25, 0.3) is 33.3 Å². The Kier molecular flexibility index (Phi) is 3.98. The van der Waals surface area contributed by atoms with Crippen LogP contribution in [0.15, 0.2) is 35.0 Å². The summed E-state index contributed by atoms with van der Waals surface area (Å²) in [6.45, 7) is 5.01. The van der Waals surface area contributed by atoms with Gasteiger partial charge in [-0.3, -0.25) is 14.8 Å². The Balaban J connectivity index is 1.73. The van der Waals surface area contributed by atoms with Crippen LogP contribution in [0.1, 0.15) is 43.6 Å². The number of rotatable bonds is 4. The Hall–Kier alpha value is -3.39. The van der Waals surface area contributed by atoms with Crippen LogP contribution in [0.3, 0.4) is 0 Å². The second kappa shape index (κ2) is 6.31. The van der Waals surface area contributed by atoms with E-state index in [1.807, 2.05) is 13.0 Å². The van der Waals surface area contributed by atoms with Crippen LogP contribution in [0.4, 0.5) is 4.39 Å². The predicted octanol–water partition coefficient (Wildman–Crippen LogP) is 3.63.